The van der Waals surface area contributed by atoms with Crippen molar-refractivity contribution in [3.8, 4) is 0 Å². The molecule has 250 valence electrons. The van der Waals surface area contributed by atoms with Crippen LogP contribution in [0.25, 0.3) is 0 Å². The Morgan fingerprint density at radius 3 is 2.44 bits per heavy atom. The number of benzene rings is 1. The largest absolute Gasteiger partial charge is 0.390 e. The molecule has 7 heteroatoms. The highest BCUT2D eigenvalue weighted by molar-refractivity contribution is 7.92. The number of fused-ring (bicyclic) bond motifs is 5. The Hall–Kier alpha value is -1.51. The molecule has 3 saturated carbocycles. The van der Waals surface area contributed by atoms with E-state index in [-0.39, 0.29) is 41.3 Å². The molecular formula is C38H56O6S. The van der Waals surface area contributed by atoms with Crippen molar-refractivity contribution >= 4 is 9.84 Å². The highest BCUT2D eigenvalue weighted by Gasteiger charge is 2.58. The molecule has 10 atom stereocenters. The van der Waals surface area contributed by atoms with E-state index < -0.39 is 26.8 Å². The molecule has 0 radical (unpaired) electrons. The molecule has 2 unspecified atom stereocenters. The summed E-state index contributed by atoms with van der Waals surface area (Å²) in [5.74, 6) is 1.01. The second-order valence-corrected chi connectivity index (χ2v) is 18.3. The molecule has 1 aromatic rings. The number of allylic oxidation sites excluding steroid dienone is 3. The molecule has 6 rings (SSSR count). The quantitative estimate of drug-likeness (QED) is 0.301. The van der Waals surface area contributed by atoms with Crippen LogP contribution in [0.2, 0.25) is 0 Å². The highest BCUT2D eigenvalue weighted by atomic mass is 32.2. The number of hydrogen-bond donors (Lipinski definition) is 2. The van der Waals surface area contributed by atoms with Crippen molar-refractivity contribution in [3.63, 3.8) is 0 Å². The van der Waals surface area contributed by atoms with Crippen molar-refractivity contribution in [2.24, 2.45) is 34.5 Å². The van der Waals surface area contributed by atoms with Gasteiger partial charge in [-0.15, -0.1) is 0 Å². The van der Waals surface area contributed by atoms with E-state index in [1.165, 1.54) is 0 Å². The normalized spacial score (nSPS) is 37.4. The van der Waals surface area contributed by atoms with Gasteiger partial charge in [0.2, 0.25) is 0 Å². The first-order valence-corrected chi connectivity index (χ1v) is 19.1. The Morgan fingerprint density at radius 1 is 1.00 bits per heavy atom. The summed E-state index contributed by atoms with van der Waals surface area (Å²) in [7, 11) is -3.74. The van der Waals surface area contributed by atoms with Gasteiger partial charge >= 0.3 is 0 Å². The van der Waals surface area contributed by atoms with Crippen molar-refractivity contribution in [2.75, 3.05) is 13.2 Å². The molecule has 0 amide bonds. The molecule has 4 aliphatic carbocycles. The zero-order chi connectivity index (χ0) is 32.2. The van der Waals surface area contributed by atoms with E-state index in [9.17, 15) is 18.6 Å². The van der Waals surface area contributed by atoms with Crippen molar-refractivity contribution in [3.05, 3.63) is 53.6 Å². The van der Waals surface area contributed by atoms with E-state index in [1.54, 1.807) is 49.3 Å². The molecular weight excluding hydrogens is 584 g/mol. The van der Waals surface area contributed by atoms with Gasteiger partial charge in [-0.1, -0.05) is 62.3 Å². The lowest BCUT2D eigenvalue weighted by atomic mass is 9.50. The van der Waals surface area contributed by atoms with Crippen LogP contribution in [-0.2, 0) is 19.3 Å². The topological polar surface area (TPSA) is 93.1 Å². The van der Waals surface area contributed by atoms with Crippen molar-refractivity contribution in [2.45, 2.75) is 133 Å². The molecule has 0 bridgehead atoms. The lowest BCUT2D eigenvalue weighted by Gasteiger charge is -2.55. The molecule has 1 aliphatic heterocycles. The lowest BCUT2D eigenvalue weighted by molar-refractivity contribution is -0.0961. The van der Waals surface area contributed by atoms with E-state index in [0.717, 1.165) is 71.0 Å². The molecule has 1 aromatic carbocycles. The van der Waals surface area contributed by atoms with Crippen molar-refractivity contribution in [1.82, 2.24) is 0 Å². The van der Waals surface area contributed by atoms with Gasteiger partial charge in [-0.3, -0.25) is 0 Å². The van der Waals surface area contributed by atoms with E-state index in [4.69, 9.17) is 9.47 Å². The molecule has 0 aromatic heterocycles. The second kappa shape index (κ2) is 12.5. The fraction of sp³-hybridized carbons (Fsp3) is 0.737. The van der Waals surface area contributed by atoms with Gasteiger partial charge in [0.25, 0.3) is 0 Å². The van der Waals surface area contributed by atoms with Crippen LogP contribution in [0.4, 0.5) is 0 Å². The molecule has 1 heterocycles. The van der Waals surface area contributed by atoms with Crippen molar-refractivity contribution in [1.29, 1.82) is 0 Å². The molecule has 5 aliphatic rings. The molecule has 1 saturated heterocycles. The third kappa shape index (κ3) is 6.14. The van der Waals surface area contributed by atoms with Gasteiger partial charge < -0.3 is 19.7 Å². The minimum Gasteiger partial charge on any atom is -0.390 e. The first kappa shape index (κ1) is 33.4. The third-order valence-corrected chi connectivity index (χ3v) is 15.4. The van der Waals surface area contributed by atoms with Crippen LogP contribution in [0.5, 0.6) is 0 Å². The van der Waals surface area contributed by atoms with Gasteiger partial charge in [-0.25, -0.2) is 8.42 Å². The summed E-state index contributed by atoms with van der Waals surface area (Å²) in [4.78, 5) is 0.296. The maximum absolute atomic E-state index is 14.2. The summed E-state index contributed by atoms with van der Waals surface area (Å²) in [6, 6.07) is 8.67. The van der Waals surface area contributed by atoms with Crippen LogP contribution < -0.4 is 0 Å². The minimum atomic E-state index is -3.74. The fourth-order valence-electron chi connectivity index (χ4n) is 10.3. The van der Waals surface area contributed by atoms with E-state index in [1.807, 2.05) is 6.07 Å². The average molecular weight is 641 g/mol. The van der Waals surface area contributed by atoms with E-state index in [0.29, 0.717) is 16.7 Å². The van der Waals surface area contributed by atoms with E-state index in [2.05, 4.69) is 32.9 Å². The van der Waals surface area contributed by atoms with Crippen LogP contribution in [0, 0.1) is 34.5 Å². The number of ether oxygens (including phenoxy) is 2. The van der Waals surface area contributed by atoms with Gasteiger partial charge in [-0.2, -0.15) is 0 Å². The van der Waals surface area contributed by atoms with E-state index >= 15 is 0 Å². The average Bonchev–Trinajstić information content (AvgIpc) is 3.37. The van der Waals surface area contributed by atoms with Crippen LogP contribution in [0.3, 0.4) is 0 Å². The maximum atomic E-state index is 14.2. The molecule has 4 fully saturated rings. The molecule has 6 nitrogen and oxygen atoms in total. The SMILES string of the molecule is C[C@H](C(C[C@@H](O)C(C)(C)O)S(=O)(=O)c1ccccc1)[C@H]1CC[C@H]2C3=CC=C4C[C@@H](OC5CCCOC5)CC[C@]4(C)[C@H]3CC[C@]12C. The second-order valence-electron chi connectivity index (χ2n) is 16.1. The van der Waals surface area contributed by atoms with Crippen LogP contribution >= 0.6 is 0 Å². The van der Waals surface area contributed by atoms with Gasteiger partial charge in [0.05, 0.1) is 40.7 Å². The monoisotopic (exact) mass is 640 g/mol. The Morgan fingerprint density at radius 2 is 1.76 bits per heavy atom. The molecule has 45 heavy (non-hydrogen) atoms. The van der Waals surface area contributed by atoms with Crippen LogP contribution in [0.1, 0.15) is 98.8 Å². The van der Waals surface area contributed by atoms with Gasteiger partial charge in [0, 0.05) is 6.61 Å². The van der Waals surface area contributed by atoms with Gasteiger partial charge in [0.15, 0.2) is 9.84 Å². The Kier molecular flexibility index (Phi) is 9.28. The smallest absolute Gasteiger partial charge is 0.181 e. The number of aliphatic hydroxyl groups is 2. The first-order valence-electron chi connectivity index (χ1n) is 17.6. The summed E-state index contributed by atoms with van der Waals surface area (Å²) in [5.41, 5.74) is 1.91. The summed E-state index contributed by atoms with van der Waals surface area (Å²) >= 11 is 0. The summed E-state index contributed by atoms with van der Waals surface area (Å²) in [6.45, 7) is 11.7. The fourth-order valence-corrected chi connectivity index (χ4v) is 12.3. The molecule has 2 N–H and O–H groups in total. The Labute approximate surface area is 271 Å². The van der Waals surface area contributed by atoms with Crippen LogP contribution in [0.15, 0.2) is 58.5 Å². The predicted octanol–water partition coefficient (Wildman–Crippen LogP) is 7.05. The Balaban J connectivity index is 1.25. The number of rotatable bonds is 9. The summed E-state index contributed by atoms with van der Waals surface area (Å²) in [6.07, 6.45) is 14.0. The van der Waals surface area contributed by atoms with Crippen LogP contribution in [-0.4, -0.2) is 61.0 Å². The lowest BCUT2D eigenvalue weighted by Crippen LogP contribution is -2.49. The predicted molar refractivity (Wildman–Crippen MR) is 177 cm³/mol. The highest BCUT2D eigenvalue weighted by Crippen LogP contribution is 2.66. The maximum Gasteiger partial charge on any atom is 0.181 e. The molecule has 0 spiro atoms. The zero-order valence-electron chi connectivity index (χ0n) is 28.1. The zero-order valence-corrected chi connectivity index (χ0v) is 28.9. The van der Waals surface area contributed by atoms with Gasteiger partial charge in [-0.05, 0) is 125 Å². The number of sulfone groups is 1. The minimum absolute atomic E-state index is 0.00507. The summed E-state index contributed by atoms with van der Waals surface area (Å²) in [5, 5.41) is 20.9. The summed E-state index contributed by atoms with van der Waals surface area (Å²) < 4.78 is 40.6. The first-order chi connectivity index (χ1) is 21.2. The van der Waals surface area contributed by atoms with Crippen molar-refractivity contribution < 1.29 is 28.1 Å². The standard InChI is InChI=1S/C38H56O6S/c1-25(34(23-35(39)36(2,3)40)45(41,42)29-11-7-6-8-12-29)31-15-16-32-30-14-13-26-22-27(44-28-10-9-21-43-24-28)17-19-37(26,4)33(30)18-20-38(31,32)5/h6-8,11-14,25,27-28,31-35,39-40H,9-10,15-24H2,1-5H3/t25-,27-,28?,31+,32-,33-,34?,35+,37-,38+/m0/s1. The third-order valence-electron chi connectivity index (χ3n) is 13.1. The number of hydrogen-bond acceptors (Lipinski definition) is 6. The van der Waals surface area contributed by atoms with Gasteiger partial charge in [0.1, 0.15) is 0 Å². The Bertz CT molecular complexity index is 1370. The number of aliphatic hydroxyl groups excluding tert-OH is 1.